The van der Waals surface area contributed by atoms with Crippen molar-refractivity contribution < 1.29 is 57.5 Å². The molecule has 0 aliphatic carbocycles. The topological polar surface area (TPSA) is 146 Å². The minimum atomic E-state index is -1.70. The van der Waals surface area contributed by atoms with Crippen LogP contribution in [0.3, 0.4) is 0 Å². The van der Waals surface area contributed by atoms with Gasteiger partial charge in [-0.1, -0.05) is 30.3 Å². The third-order valence-corrected chi connectivity index (χ3v) is 7.95. The Bertz CT molecular complexity index is 1590. The van der Waals surface area contributed by atoms with Gasteiger partial charge in [0, 0.05) is 16.7 Å². The van der Waals surface area contributed by atoms with Crippen LogP contribution in [0.1, 0.15) is 16.7 Å². The summed E-state index contributed by atoms with van der Waals surface area (Å²) in [6.45, 7) is 6.38. The molecule has 0 aromatic heterocycles. The van der Waals surface area contributed by atoms with Crippen LogP contribution in [0.5, 0.6) is 23.0 Å². The Morgan fingerprint density at radius 2 is 0.882 bits per heavy atom. The molecule has 0 radical (unpaired) electrons. The monoisotopic (exact) mass is 708 g/mol. The van der Waals surface area contributed by atoms with E-state index < -0.39 is 5.72 Å². The number of hydrogen-bond acceptors (Lipinski definition) is 14. The van der Waals surface area contributed by atoms with Crippen molar-refractivity contribution >= 4 is 11.5 Å². The molecule has 14 nitrogen and oxygen atoms in total. The van der Waals surface area contributed by atoms with Gasteiger partial charge in [-0.05, 0) is 36.4 Å². The Morgan fingerprint density at radius 3 is 1.35 bits per heavy atom. The lowest BCUT2D eigenvalue weighted by Crippen LogP contribution is -2.34. The molecule has 0 spiro atoms. The quantitative estimate of drug-likeness (QED) is 0.310. The van der Waals surface area contributed by atoms with Crippen LogP contribution in [-0.4, -0.2) is 123 Å². The Balaban J connectivity index is 1.32. The van der Waals surface area contributed by atoms with Crippen molar-refractivity contribution in [2.75, 3.05) is 106 Å². The molecule has 0 fully saturated rings. The van der Waals surface area contributed by atoms with E-state index in [4.69, 9.17) is 62.2 Å². The predicted molar refractivity (Wildman–Crippen MR) is 185 cm³/mol. The van der Waals surface area contributed by atoms with Crippen LogP contribution in [0.25, 0.3) is 0 Å². The lowest BCUT2D eigenvalue weighted by molar-refractivity contribution is -0.302. The van der Waals surface area contributed by atoms with Crippen LogP contribution >= 0.6 is 0 Å². The van der Waals surface area contributed by atoms with Gasteiger partial charge >= 0.3 is 0 Å². The average molecular weight is 709 g/mol. The second kappa shape index (κ2) is 19.5. The Morgan fingerprint density at radius 1 is 0.471 bits per heavy atom. The molecular formula is C37H44N2O12. The first kappa shape index (κ1) is 36.7. The summed E-state index contributed by atoms with van der Waals surface area (Å²) in [7, 11) is 0. The van der Waals surface area contributed by atoms with Crippen molar-refractivity contribution in [3.8, 4) is 23.0 Å². The fourth-order valence-electron chi connectivity index (χ4n) is 5.47. The zero-order valence-electron chi connectivity index (χ0n) is 28.5. The third kappa shape index (κ3) is 10.0. The number of amidine groups is 1. The SMILES string of the molecule is OOC1(c2ccccc2)N=C(c2ccc3c(c2)OCCOCCOCCOCCO3)N=C1c1ccc2c(c1)OCCOCCOCCOCCO2. The highest BCUT2D eigenvalue weighted by Gasteiger charge is 2.45. The molecule has 3 aliphatic rings. The molecule has 1 unspecified atom stereocenters. The van der Waals surface area contributed by atoms with Gasteiger partial charge in [-0.3, -0.25) is 0 Å². The van der Waals surface area contributed by atoms with Crippen molar-refractivity contribution in [3.05, 3.63) is 83.4 Å². The lowest BCUT2D eigenvalue weighted by Gasteiger charge is -2.25. The van der Waals surface area contributed by atoms with Crippen molar-refractivity contribution in [1.82, 2.24) is 0 Å². The maximum Gasteiger partial charge on any atom is 0.262 e. The normalized spacial score (nSPS) is 21.9. The molecule has 1 atom stereocenters. The molecule has 1 N–H and O–H groups in total. The van der Waals surface area contributed by atoms with Gasteiger partial charge in [-0.2, -0.15) is 4.89 Å². The van der Waals surface area contributed by atoms with Crippen molar-refractivity contribution in [2.45, 2.75) is 5.72 Å². The third-order valence-electron chi connectivity index (χ3n) is 7.95. The van der Waals surface area contributed by atoms with Gasteiger partial charge < -0.3 is 47.4 Å². The van der Waals surface area contributed by atoms with E-state index in [0.717, 1.165) is 0 Å². The van der Waals surface area contributed by atoms with Gasteiger partial charge in [0.25, 0.3) is 5.72 Å². The molecule has 0 bridgehead atoms. The highest BCUT2D eigenvalue weighted by Crippen LogP contribution is 2.40. The van der Waals surface area contributed by atoms with E-state index in [9.17, 15) is 5.26 Å². The first-order chi connectivity index (χ1) is 25.3. The van der Waals surface area contributed by atoms with Crippen LogP contribution in [-0.2, 0) is 39.0 Å². The zero-order valence-corrected chi connectivity index (χ0v) is 28.5. The largest absolute Gasteiger partial charge is 0.487 e. The number of rotatable bonds is 4. The molecule has 14 heteroatoms. The predicted octanol–water partition coefficient (Wildman–Crippen LogP) is 3.92. The van der Waals surface area contributed by atoms with Crippen molar-refractivity contribution in [3.63, 3.8) is 0 Å². The fraction of sp³-hybridized carbons (Fsp3) is 0.459. The number of ether oxygens (including phenoxy) is 10. The van der Waals surface area contributed by atoms with Gasteiger partial charge in [0.1, 0.15) is 32.1 Å². The summed E-state index contributed by atoms with van der Waals surface area (Å²) in [5, 5.41) is 10.7. The van der Waals surface area contributed by atoms with E-state index in [1.165, 1.54) is 0 Å². The summed E-state index contributed by atoms with van der Waals surface area (Å²) in [6.07, 6.45) is 0. The molecule has 0 saturated carbocycles. The van der Waals surface area contributed by atoms with Gasteiger partial charge in [-0.25, -0.2) is 15.2 Å². The van der Waals surface area contributed by atoms with Crippen molar-refractivity contribution in [1.29, 1.82) is 0 Å². The zero-order chi connectivity index (χ0) is 35.0. The van der Waals surface area contributed by atoms with E-state index in [0.29, 0.717) is 144 Å². The fourth-order valence-corrected chi connectivity index (χ4v) is 5.47. The molecule has 51 heavy (non-hydrogen) atoms. The molecule has 0 saturated heterocycles. The maximum atomic E-state index is 10.7. The van der Waals surface area contributed by atoms with Crippen LogP contribution < -0.4 is 18.9 Å². The summed E-state index contributed by atoms with van der Waals surface area (Å²) in [5.74, 6) is 2.30. The average Bonchev–Trinajstić information content (AvgIpc) is 3.56. The highest BCUT2D eigenvalue weighted by molar-refractivity contribution is 6.20. The number of aliphatic imine (C=N–C) groups is 2. The van der Waals surface area contributed by atoms with Crippen LogP contribution in [0.2, 0.25) is 0 Å². The molecular weight excluding hydrogens is 664 g/mol. The van der Waals surface area contributed by atoms with E-state index in [1.807, 2.05) is 42.5 Å². The van der Waals surface area contributed by atoms with Crippen molar-refractivity contribution in [2.24, 2.45) is 9.98 Å². The van der Waals surface area contributed by atoms with E-state index in [2.05, 4.69) is 0 Å². The van der Waals surface area contributed by atoms with Crippen LogP contribution in [0, 0.1) is 0 Å². The molecule has 6 rings (SSSR count). The molecule has 3 aromatic carbocycles. The molecule has 3 aliphatic heterocycles. The summed E-state index contributed by atoms with van der Waals surface area (Å²) >= 11 is 0. The minimum absolute atomic E-state index is 0.271. The minimum Gasteiger partial charge on any atom is -0.487 e. The van der Waals surface area contributed by atoms with Crippen LogP contribution in [0.15, 0.2) is 76.7 Å². The summed E-state index contributed by atoms with van der Waals surface area (Å²) in [5.41, 5.74) is 0.414. The first-order valence-electron chi connectivity index (χ1n) is 17.1. The molecule has 274 valence electrons. The van der Waals surface area contributed by atoms with Gasteiger partial charge in [0.15, 0.2) is 28.8 Å². The van der Waals surface area contributed by atoms with Crippen LogP contribution in [0.4, 0.5) is 0 Å². The highest BCUT2D eigenvalue weighted by atomic mass is 17.1. The number of benzene rings is 3. The molecule has 3 aromatic rings. The maximum absolute atomic E-state index is 10.7. The van der Waals surface area contributed by atoms with E-state index >= 15 is 0 Å². The van der Waals surface area contributed by atoms with Gasteiger partial charge in [-0.15, -0.1) is 0 Å². The lowest BCUT2D eigenvalue weighted by atomic mass is 9.93. The molecule has 0 amide bonds. The van der Waals surface area contributed by atoms with E-state index in [1.54, 1.807) is 24.3 Å². The van der Waals surface area contributed by atoms with Gasteiger partial charge in [0.05, 0.1) is 79.3 Å². The summed E-state index contributed by atoms with van der Waals surface area (Å²) in [6, 6.07) is 20.0. The van der Waals surface area contributed by atoms with Gasteiger partial charge in [0.2, 0.25) is 0 Å². The second-order valence-electron chi connectivity index (χ2n) is 11.4. The standard InChI is InChI=1S/C37H44N2O12/c40-51-37(30-4-2-1-3-5-30)35(28-6-8-31-33(26-28)49-24-20-45-16-12-41-10-14-43-18-22-47-31)38-36(39-37)29-7-9-32-34(27-29)50-25-21-46-17-13-42-11-15-44-19-23-48-32/h1-9,26-27,40H,10-25H2. The number of hydrogen-bond donors (Lipinski definition) is 1. The summed E-state index contributed by atoms with van der Waals surface area (Å²) in [4.78, 5) is 15.2. The number of nitrogens with zero attached hydrogens (tertiary/aromatic N) is 2. The second-order valence-corrected chi connectivity index (χ2v) is 11.4. The Labute approximate surface area is 296 Å². The number of fused-ring (bicyclic) bond motifs is 2. The molecule has 3 heterocycles. The first-order valence-corrected chi connectivity index (χ1v) is 17.1. The Kier molecular flexibility index (Phi) is 14.0. The van der Waals surface area contributed by atoms with E-state index in [-0.39, 0.29) is 13.2 Å². The summed E-state index contributed by atoms with van der Waals surface area (Å²) < 4.78 is 57.8. The smallest absolute Gasteiger partial charge is 0.262 e. The Hall–Kier alpha value is -4.12.